The number of rotatable bonds is 4. The van der Waals surface area contributed by atoms with Crippen LogP contribution in [0.25, 0.3) is 0 Å². The number of anilines is 1. The van der Waals surface area contributed by atoms with E-state index in [0.717, 1.165) is 17.7 Å². The summed E-state index contributed by atoms with van der Waals surface area (Å²) in [5.41, 5.74) is 7.04. The van der Waals surface area contributed by atoms with Gasteiger partial charge in [0.2, 0.25) is 11.8 Å². The molecule has 26 heavy (non-hydrogen) atoms. The average molecular weight is 355 g/mol. The highest BCUT2D eigenvalue weighted by Gasteiger charge is 2.35. The number of nitrogens with zero attached hydrogens (tertiary/aromatic N) is 1. The summed E-state index contributed by atoms with van der Waals surface area (Å²) in [4.78, 5) is 38.2. The van der Waals surface area contributed by atoms with Gasteiger partial charge in [-0.1, -0.05) is 19.1 Å². The van der Waals surface area contributed by atoms with Gasteiger partial charge in [0.05, 0.1) is 17.7 Å². The fourth-order valence-electron chi connectivity index (χ4n) is 2.99. The third-order valence-corrected chi connectivity index (χ3v) is 4.53. The third kappa shape index (κ3) is 3.61. The Bertz CT molecular complexity index is 843. The first-order valence-electron chi connectivity index (χ1n) is 8.53. The van der Waals surface area contributed by atoms with Gasteiger partial charge in [0.25, 0.3) is 5.91 Å². The number of benzene rings is 1. The van der Waals surface area contributed by atoms with E-state index < -0.39 is 11.8 Å². The number of furan rings is 1. The first-order chi connectivity index (χ1) is 12.5. The molecule has 0 aliphatic carbocycles. The summed E-state index contributed by atoms with van der Waals surface area (Å²) >= 11 is 0. The highest BCUT2D eigenvalue weighted by atomic mass is 16.3. The Kier molecular flexibility index (Phi) is 5.06. The molecule has 2 aromatic rings. The molecule has 1 aromatic heterocycles. The number of hydrogen-bond acceptors (Lipinski definition) is 4. The van der Waals surface area contributed by atoms with Gasteiger partial charge in [-0.2, -0.15) is 0 Å². The summed E-state index contributed by atoms with van der Waals surface area (Å²) in [5, 5.41) is 0. The van der Waals surface area contributed by atoms with E-state index in [0.29, 0.717) is 17.9 Å². The quantitative estimate of drug-likeness (QED) is 0.820. The molecule has 0 radical (unpaired) electrons. The fraction of sp³-hybridized carbons (Fsp3) is 0.316. The molecular weight excluding hydrogens is 334 g/mol. The first-order valence-corrected chi connectivity index (χ1v) is 8.53. The Morgan fingerprint density at radius 3 is 2.77 bits per heavy atom. The van der Waals surface area contributed by atoms with Crippen LogP contribution in [0.4, 0.5) is 5.69 Å². The zero-order valence-corrected chi connectivity index (χ0v) is 14.7. The lowest BCUT2D eigenvalue weighted by Crippen LogP contribution is -2.45. The number of aryl methyl sites for hydroxylation is 2. The standard InChI is InChI=1S/C19H21N3O4/c1-3-13-5-4-6-15(9-13)22-11-14(10-17(22)23)18(24)20-21-19(25)16-7-8-26-12(16)2/h4-9,14H,3,10-11H2,1-2H3,(H,20,24)(H,21,25)/t14-/m1/s1. The summed E-state index contributed by atoms with van der Waals surface area (Å²) in [7, 11) is 0. The summed E-state index contributed by atoms with van der Waals surface area (Å²) in [6, 6.07) is 9.25. The molecule has 1 aliphatic heterocycles. The van der Waals surface area contributed by atoms with Crippen LogP contribution in [0, 0.1) is 12.8 Å². The molecule has 136 valence electrons. The van der Waals surface area contributed by atoms with E-state index in [2.05, 4.69) is 10.9 Å². The Labute approximate surface area is 151 Å². The highest BCUT2D eigenvalue weighted by Crippen LogP contribution is 2.26. The maximum absolute atomic E-state index is 12.3. The van der Waals surface area contributed by atoms with Crippen molar-refractivity contribution in [2.45, 2.75) is 26.7 Å². The molecule has 0 spiro atoms. The molecule has 3 rings (SSSR count). The van der Waals surface area contributed by atoms with Crippen molar-refractivity contribution in [2.24, 2.45) is 5.92 Å². The molecule has 1 aromatic carbocycles. The molecule has 0 unspecified atom stereocenters. The normalized spacial score (nSPS) is 16.6. The summed E-state index contributed by atoms with van der Waals surface area (Å²) in [5.74, 6) is -0.993. The molecule has 1 saturated heterocycles. The van der Waals surface area contributed by atoms with Crippen molar-refractivity contribution in [3.63, 3.8) is 0 Å². The maximum atomic E-state index is 12.3. The van der Waals surface area contributed by atoms with E-state index in [1.807, 2.05) is 31.2 Å². The molecule has 1 atom stereocenters. The Hall–Kier alpha value is -3.09. The van der Waals surface area contributed by atoms with Gasteiger partial charge in [0.15, 0.2) is 0 Å². The number of nitrogens with one attached hydrogen (secondary N) is 2. The van der Waals surface area contributed by atoms with Crippen LogP contribution in [0.5, 0.6) is 0 Å². The second-order valence-corrected chi connectivity index (χ2v) is 6.26. The highest BCUT2D eigenvalue weighted by molar-refractivity contribution is 6.01. The van der Waals surface area contributed by atoms with E-state index >= 15 is 0 Å². The SMILES string of the molecule is CCc1cccc(N2C[C@H](C(=O)NNC(=O)c3ccoc3C)CC2=O)c1. The molecule has 0 bridgehead atoms. The molecule has 2 heterocycles. The maximum Gasteiger partial charge on any atom is 0.273 e. The van der Waals surface area contributed by atoms with Crippen molar-refractivity contribution in [2.75, 3.05) is 11.4 Å². The van der Waals surface area contributed by atoms with Crippen molar-refractivity contribution in [1.82, 2.24) is 10.9 Å². The van der Waals surface area contributed by atoms with E-state index in [-0.39, 0.29) is 18.2 Å². The number of hydrazine groups is 1. The van der Waals surface area contributed by atoms with Crippen LogP contribution in [0.2, 0.25) is 0 Å². The van der Waals surface area contributed by atoms with Crippen LogP contribution >= 0.6 is 0 Å². The molecule has 7 heteroatoms. The molecule has 0 saturated carbocycles. The monoisotopic (exact) mass is 355 g/mol. The lowest BCUT2D eigenvalue weighted by Gasteiger charge is -2.17. The predicted octanol–water partition coefficient (Wildman–Crippen LogP) is 1.96. The average Bonchev–Trinajstić information content (AvgIpc) is 3.25. The third-order valence-electron chi connectivity index (χ3n) is 4.53. The van der Waals surface area contributed by atoms with E-state index in [9.17, 15) is 14.4 Å². The van der Waals surface area contributed by atoms with E-state index in [4.69, 9.17) is 4.42 Å². The molecule has 1 aliphatic rings. The number of amides is 3. The lowest BCUT2D eigenvalue weighted by molar-refractivity contribution is -0.126. The summed E-state index contributed by atoms with van der Waals surface area (Å²) in [6.07, 6.45) is 2.39. The van der Waals surface area contributed by atoms with Crippen molar-refractivity contribution in [1.29, 1.82) is 0 Å². The molecular formula is C19H21N3O4. The van der Waals surface area contributed by atoms with Crippen LogP contribution in [0.3, 0.4) is 0 Å². The van der Waals surface area contributed by atoms with Gasteiger partial charge >= 0.3 is 0 Å². The van der Waals surface area contributed by atoms with Gasteiger partial charge in [-0.3, -0.25) is 25.2 Å². The van der Waals surface area contributed by atoms with Crippen LogP contribution in [0.15, 0.2) is 41.0 Å². The second kappa shape index (κ2) is 7.43. The van der Waals surface area contributed by atoms with Crippen molar-refractivity contribution in [3.8, 4) is 0 Å². The van der Waals surface area contributed by atoms with Crippen molar-refractivity contribution >= 4 is 23.4 Å². The van der Waals surface area contributed by atoms with Crippen LogP contribution in [-0.2, 0) is 16.0 Å². The van der Waals surface area contributed by atoms with Gasteiger partial charge in [0.1, 0.15) is 5.76 Å². The topological polar surface area (TPSA) is 91.7 Å². The fourth-order valence-corrected chi connectivity index (χ4v) is 2.99. The minimum absolute atomic E-state index is 0.101. The molecule has 3 amide bonds. The minimum atomic E-state index is -0.515. The van der Waals surface area contributed by atoms with Gasteiger partial charge in [-0.25, -0.2) is 0 Å². The predicted molar refractivity (Wildman–Crippen MR) is 95.3 cm³/mol. The van der Waals surface area contributed by atoms with E-state index in [1.54, 1.807) is 11.8 Å². The summed E-state index contributed by atoms with van der Waals surface area (Å²) < 4.78 is 5.06. The van der Waals surface area contributed by atoms with Crippen LogP contribution < -0.4 is 15.8 Å². The minimum Gasteiger partial charge on any atom is -0.469 e. The molecule has 2 N–H and O–H groups in total. The molecule has 7 nitrogen and oxygen atoms in total. The van der Waals surface area contributed by atoms with Crippen LogP contribution in [0.1, 0.15) is 35.0 Å². The Balaban J connectivity index is 1.60. The Morgan fingerprint density at radius 1 is 1.27 bits per heavy atom. The zero-order valence-electron chi connectivity index (χ0n) is 14.7. The van der Waals surface area contributed by atoms with Crippen molar-refractivity contribution in [3.05, 3.63) is 53.5 Å². The van der Waals surface area contributed by atoms with Crippen molar-refractivity contribution < 1.29 is 18.8 Å². The van der Waals surface area contributed by atoms with Crippen LogP contribution in [-0.4, -0.2) is 24.3 Å². The number of carbonyl (C=O) groups excluding carboxylic acids is 3. The summed E-state index contributed by atoms with van der Waals surface area (Å²) in [6.45, 7) is 4.00. The Morgan fingerprint density at radius 2 is 2.08 bits per heavy atom. The first kappa shape index (κ1) is 17.7. The largest absolute Gasteiger partial charge is 0.469 e. The van der Waals surface area contributed by atoms with Gasteiger partial charge in [-0.15, -0.1) is 0 Å². The van der Waals surface area contributed by atoms with Gasteiger partial charge in [0, 0.05) is 18.7 Å². The number of carbonyl (C=O) groups is 3. The van der Waals surface area contributed by atoms with Gasteiger partial charge < -0.3 is 9.32 Å². The van der Waals surface area contributed by atoms with Gasteiger partial charge in [-0.05, 0) is 37.1 Å². The molecule has 1 fully saturated rings. The second-order valence-electron chi connectivity index (χ2n) is 6.26. The van der Waals surface area contributed by atoms with E-state index in [1.165, 1.54) is 12.3 Å². The number of hydrogen-bond donors (Lipinski definition) is 2. The lowest BCUT2D eigenvalue weighted by atomic mass is 10.1. The smallest absolute Gasteiger partial charge is 0.273 e. The zero-order chi connectivity index (χ0) is 18.7.